The van der Waals surface area contributed by atoms with Crippen molar-refractivity contribution in [1.29, 1.82) is 0 Å². The standard InChI is InChI=1S/C16H32O3/c1-3-12-16(17)13-10-8-6-4-5-7-9-11-14-19-15-18-2/h3-15H2,1-2H3. The molecule has 0 fully saturated rings. The number of hydrogen-bond acceptors (Lipinski definition) is 3. The van der Waals surface area contributed by atoms with Crippen LogP contribution in [-0.2, 0) is 14.3 Å². The lowest BCUT2D eigenvalue weighted by Gasteiger charge is -2.03. The zero-order valence-electron chi connectivity index (χ0n) is 12.9. The van der Waals surface area contributed by atoms with E-state index in [1.54, 1.807) is 7.11 Å². The third kappa shape index (κ3) is 15.5. The van der Waals surface area contributed by atoms with Crippen LogP contribution in [0.4, 0.5) is 0 Å². The predicted molar refractivity (Wildman–Crippen MR) is 79.3 cm³/mol. The quantitative estimate of drug-likeness (QED) is 0.325. The topological polar surface area (TPSA) is 35.5 Å². The van der Waals surface area contributed by atoms with E-state index in [2.05, 4.69) is 6.92 Å². The number of ketones is 1. The van der Waals surface area contributed by atoms with Crippen molar-refractivity contribution < 1.29 is 14.3 Å². The zero-order valence-corrected chi connectivity index (χ0v) is 12.9. The van der Waals surface area contributed by atoms with Gasteiger partial charge in [0, 0.05) is 26.6 Å². The highest BCUT2D eigenvalue weighted by Crippen LogP contribution is 2.10. The first-order valence-electron chi connectivity index (χ1n) is 7.89. The van der Waals surface area contributed by atoms with Gasteiger partial charge in [-0.2, -0.15) is 0 Å². The largest absolute Gasteiger partial charge is 0.359 e. The van der Waals surface area contributed by atoms with Gasteiger partial charge in [-0.1, -0.05) is 45.4 Å². The Labute approximate surface area is 119 Å². The van der Waals surface area contributed by atoms with Crippen LogP contribution in [0.25, 0.3) is 0 Å². The van der Waals surface area contributed by atoms with E-state index in [1.165, 1.54) is 38.5 Å². The molecule has 0 aromatic carbocycles. The van der Waals surface area contributed by atoms with E-state index in [1.807, 2.05) is 0 Å². The number of unbranched alkanes of at least 4 members (excludes halogenated alkanes) is 7. The molecular formula is C16H32O3. The second-order valence-electron chi connectivity index (χ2n) is 5.18. The molecule has 0 unspecified atom stereocenters. The molecular weight excluding hydrogens is 240 g/mol. The van der Waals surface area contributed by atoms with Crippen molar-refractivity contribution in [2.24, 2.45) is 0 Å². The summed E-state index contributed by atoms with van der Waals surface area (Å²) in [5.74, 6) is 0.443. The fourth-order valence-electron chi connectivity index (χ4n) is 2.13. The van der Waals surface area contributed by atoms with Crippen LogP contribution in [0.3, 0.4) is 0 Å². The van der Waals surface area contributed by atoms with Gasteiger partial charge < -0.3 is 9.47 Å². The Morgan fingerprint density at radius 3 is 2.00 bits per heavy atom. The molecule has 0 bridgehead atoms. The van der Waals surface area contributed by atoms with E-state index in [0.29, 0.717) is 12.6 Å². The Morgan fingerprint density at radius 2 is 1.42 bits per heavy atom. The molecule has 0 aromatic rings. The maximum atomic E-state index is 11.3. The molecule has 0 heterocycles. The summed E-state index contributed by atoms with van der Waals surface area (Å²) in [6.45, 7) is 3.29. The number of carbonyl (C=O) groups excluding carboxylic acids is 1. The average Bonchev–Trinajstić information content (AvgIpc) is 2.40. The van der Waals surface area contributed by atoms with Gasteiger partial charge >= 0.3 is 0 Å². The van der Waals surface area contributed by atoms with E-state index in [0.717, 1.165) is 38.7 Å². The van der Waals surface area contributed by atoms with Crippen LogP contribution in [-0.4, -0.2) is 26.3 Å². The van der Waals surface area contributed by atoms with Crippen molar-refractivity contribution in [1.82, 2.24) is 0 Å². The second kappa shape index (κ2) is 15.6. The summed E-state index contributed by atoms with van der Waals surface area (Å²) in [6.07, 6.45) is 12.4. The molecule has 0 N–H and O–H groups in total. The summed E-state index contributed by atoms with van der Waals surface area (Å²) < 4.78 is 10.0. The van der Waals surface area contributed by atoms with Gasteiger partial charge in [0.2, 0.25) is 0 Å². The highest BCUT2D eigenvalue weighted by atomic mass is 16.7. The van der Waals surface area contributed by atoms with Crippen LogP contribution < -0.4 is 0 Å². The van der Waals surface area contributed by atoms with E-state index in [4.69, 9.17) is 9.47 Å². The van der Waals surface area contributed by atoms with Gasteiger partial charge in [0.05, 0.1) is 0 Å². The molecule has 0 aliphatic heterocycles. The van der Waals surface area contributed by atoms with Crippen LogP contribution >= 0.6 is 0 Å². The summed E-state index contributed by atoms with van der Waals surface area (Å²) in [5, 5.41) is 0. The van der Waals surface area contributed by atoms with Crippen molar-refractivity contribution in [2.45, 2.75) is 77.6 Å². The molecule has 19 heavy (non-hydrogen) atoms. The summed E-state index contributed by atoms with van der Waals surface area (Å²) in [4.78, 5) is 11.3. The Balaban J connectivity index is 3.01. The molecule has 0 saturated carbocycles. The number of rotatable bonds is 15. The Morgan fingerprint density at radius 1 is 0.842 bits per heavy atom. The molecule has 0 rings (SSSR count). The van der Waals surface area contributed by atoms with Crippen molar-refractivity contribution in [3.8, 4) is 0 Å². The molecule has 0 saturated heterocycles. The minimum absolute atomic E-state index is 0.413. The molecule has 0 aromatic heterocycles. The van der Waals surface area contributed by atoms with E-state index in [9.17, 15) is 4.79 Å². The van der Waals surface area contributed by atoms with Crippen LogP contribution in [0, 0.1) is 0 Å². The molecule has 0 radical (unpaired) electrons. The normalized spacial score (nSPS) is 10.8. The maximum Gasteiger partial charge on any atom is 0.146 e. The van der Waals surface area contributed by atoms with E-state index < -0.39 is 0 Å². The molecule has 3 heteroatoms. The summed E-state index contributed by atoms with van der Waals surface area (Å²) in [6, 6.07) is 0. The molecule has 0 aliphatic rings. The SMILES string of the molecule is CCCC(=O)CCCCCCCCCCOCOC. The first kappa shape index (κ1) is 18.6. The van der Waals surface area contributed by atoms with Crippen molar-refractivity contribution in [2.75, 3.05) is 20.5 Å². The molecule has 3 nitrogen and oxygen atoms in total. The fraction of sp³-hybridized carbons (Fsp3) is 0.938. The Hall–Kier alpha value is -0.410. The average molecular weight is 272 g/mol. The first-order chi connectivity index (χ1) is 9.31. The van der Waals surface area contributed by atoms with Gasteiger partial charge in [-0.3, -0.25) is 4.79 Å². The highest BCUT2D eigenvalue weighted by molar-refractivity contribution is 5.78. The lowest BCUT2D eigenvalue weighted by Crippen LogP contribution is -1.98. The lowest BCUT2D eigenvalue weighted by molar-refractivity contribution is -0.119. The van der Waals surface area contributed by atoms with Crippen molar-refractivity contribution >= 4 is 5.78 Å². The predicted octanol–water partition coefficient (Wildman–Crippen LogP) is 4.49. The fourth-order valence-corrected chi connectivity index (χ4v) is 2.13. The van der Waals surface area contributed by atoms with Crippen molar-refractivity contribution in [3.05, 3.63) is 0 Å². The lowest BCUT2D eigenvalue weighted by atomic mass is 10.0. The Bertz CT molecular complexity index is 192. The van der Waals surface area contributed by atoms with Gasteiger partial charge in [0.25, 0.3) is 0 Å². The van der Waals surface area contributed by atoms with E-state index >= 15 is 0 Å². The van der Waals surface area contributed by atoms with Gasteiger partial charge in [0.1, 0.15) is 12.6 Å². The monoisotopic (exact) mass is 272 g/mol. The molecule has 0 atom stereocenters. The smallest absolute Gasteiger partial charge is 0.146 e. The first-order valence-corrected chi connectivity index (χ1v) is 7.89. The number of carbonyl (C=O) groups is 1. The van der Waals surface area contributed by atoms with Crippen LogP contribution in [0.1, 0.15) is 77.6 Å². The number of Topliss-reactive ketones (excluding diaryl/α,β-unsaturated/α-hetero) is 1. The molecule has 114 valence electrons. The van der Waals surface area contributed by atoms with Gasteiger partial charge in [0.15, 0.2) is 0 Å². The highest BCUT2D eigenvalue weighted by Gasteiger charge is 1.99. The number of hydrogen-bond donors (Lipinski definition) is 0. The Kier molecular flexibility index (Phi) is 15.3. The van der Waals surface area contributed by atoms with Crippen molar-refractivity contribution in [3.63, 3.8) is 0 Å². The minimum atomic E-state index is 0.413. The number of methoxy groups -OCH3 is 1. The molecule has 0 amide bonds. The molecule has 0 aliphatic carbocycles. The maximum absolute atomic E-state index is 11.3. The van der Waals surface area contributed by atoms with Crippen LogP contribution in [0.5, 0.6) is 0 Å². The summed E-state index contributed by atoms with van der Waals surface area (Å²) in [5.41, 5.74) is 0. The van der Waals surface area contributed by atoms with Gasteiger partial charge in [-0.05, 0) is 19.3 Å². The third-order valence-corrected chi connectivity index (χ3v) is 3.22. The van der Waals surface area contributed by atoms with Gasteiger partial charge in [-0.25, -0.2) is 0 Å². The zero-order chi connectivity index (χ0) is 14.2. The summed E-state index contributed by atoms with van der Waals surface area (Å²) >= 11 is 0. The van der Waals surface area contributed by atoms with Gasteiger partial charge in [-0.15, -0.1) is 0 Å². The molecule has 0 spiro atoms. The minimum Gasteiger partial charge on any atom is -0.359 e. The third-order valence-electron chi connectivity index (χ3n) is 3.22. The number of ether oxygens (including phenoxy) is 2. The summed E-state index contributed by atoms with van der Waals surface area (Å²) in [7, 11) is 1.65. The van der Waals surface area contributed by atoms with E-state index in [-0.39, 0.29) is 0 Å². The second-order valence-corrected chi connectivity index (χ2v) is 5.18. The van der Waals surface area contributed by atoms with Crippen LogP contribution in [0.15, 0.2) is 0 Å². The van der Waals surface area contributed by atoms with Crippen LogP contribution in [0.2, 0.25) is 0 Å².